The van der Waals surface area contributed by atoms with Crippen LogP contribution in [0.4, 0.5) is 8.78 Å². The summed E-state index contributed by atoms with van der Waals surface area (Å²) >= 11 is 0. The molecule has 0 saturated carbocycles. The number of furan rings is 1. The largest absolute Gasteiger partial charge is 0.499 e. The molecule has 369 valence electrons. The van der Waals surface area contributed by atoms with E-state index in [1.165, 1.54) is 53.7 Å². The molecule has 0 bridgehead atoms. The van der Waals surface area contributed by atoms with Crippen molar-refractivity contribution in [1.82, 2.24) is 19.5 Å². The van der Waals surface area contributed by atoms with Gasteiger partial charge in [0.2, 0.25) is 0 Å². The summed E-state index contributed by atoms with van der Waals surface area (Å²) in [5.74, 6) is -1.59. The molecule has 10 aromatic rings. The maximum atomic E-state index is 15.0. The number of hydrogen-bond acceptors (Lipinski definition) is 4. The van der Waals surface area contributed by atoms with Crippen LogP contribution in [0.3, 0.4) is 0 Å². The van der Waals surface area contributed by atoms with E-state index in [1.807, 2.05) is 22.8 Å². The summed E-state index contributed by atoms with van der Waals surface area (Å²) in [6.45, 7) is 5.71. The average Bonchev–Trinajstić information content (AvgIpc) is 2.59. The van der Waals surface area contributed by atoms with E-state index in [9.17, 15) is 8.78 Å². The average molecular weight is 1160 g/mol. The smallest absolute Gasteiger partial charge is 0.139 e. The van der Waals surface area contributed by atoms with Gasteiger partial charge in [0.1, 0.15) is 11.4 Å². The van der Waals surface area contributed by atoms with Gasteiger partial charge < -0.3 is 14.0 Å². The molecule has 4 heterocycles. The third kappa shape index (κ3) is 10.3. The van der Waals surface area contributed by atoms with Crippen molar-refractivity contribution >= 4 is 46.4 Å². The molecule has 0 atom stereocenters. The number of imidazole rings is 1. The molecule has 0 unspecified atom stereocenters. The van der Waals surface area contributed by atoms with Gasteiger partial charge in [-0.05, 0) is 123 Å². The summed E-state index contributed by atoms with van der Waals surface area (Å²) in [5.41, 5.74) is 6.76. The van der Waals surface area contributed by atoms with Crippen molar-refractivity contribution < 1.29 is 51.1 Å². The molecule has 0 fully saturated rings. The molecule has 6 aromatic carbocycles. The first-order chi connectivity index (χ1) is 38.9. The number of nitrogens with zero attached hydrogens (tertiary/aromatic N) is 4. The monoisotopic (exact) mass is 1160 g/mol. The molecule has 0 saturated heterocycles. The molecule has 10 rings (SSSR count). The summed E-state index contributed by atoms with van der Waals surface area (Å²) in [7, 11) is -1.74. The fourth-order valence-corrected chi connectivity index (χ4v) is 10.8. The maximum Gasteiger partial charge on any atom is 0.139 e. The Bertz CT molecular complexity index is 4100. The molecule has 5 nitrogen and oxygen atoms in total. The van der Waals surface area contributed by atoms with E-state index >= 15 is 0 Å². The quantitative estimate of drug-likeness (QED) is 0.107. The molecule has 0 aliphatic heterocycles. The van der Waals surface area contributed by atoms with E-state index in [0.29, 0.717) is 68.7 Å². The summed E-state index contributed by atoms with van der Waals surface area (Å²) in [4.78, 5) is 14.1. The molecule has 4 aromatic heterocycles. The van der Waals surface area contributed by atoms with Crippen molar-refractivity contribution in [3.63, 3.8) is 0 Å². The van der Waals surface area contributed by atoms with Crippen molar-refractivity contribution in [2.75, 3.05) is 0 Å². The van der Waals surface area contributed by atoms with Gasteiger partial charge in [-0.2, -0.15) is 0 Å². The normalized spacial score (nSPS) is 15.4. The number of aryl methyl sites for hydroxylation is 4. The minimum absolute atomic E-state index is 0. The van der Waals surface area contributed by atoms with Gasteiger partial charge in [0.25, 0.3) is 0 Å². The van der Waals surface area contributed by atoms with Crippen LogP contribution >= 0.6 is 0 Å². The van der Waals surface area contributed by atoms with Crippen molar-refractivity contribution in [3.05, 3.63) is 190 Å². The van der Waals surface area contributed by atoms with Crippen molar-refractivity contribution in [2.45, 2.75) is 106 Å². The molecule has 72 heavy (non-hydrogen) atoms. The molecule has 0 spiro atoms. The number of aromatic nitrogens is 4. The van der Waals surface area contributed by atoms with Crippen LogP contribution in [0.15, 0.2) is 132 Å². The van der Waals surface area contributed by atoms with Crippen LogP contribution in [0.2, 0.25) is 19.6 Å². The van der Waals surface area contributed by atoms with Crippen molar-refractivity contribution in [2.24, 2.45) is 0 Å². The van der Waals surface area contributed by atoms with E-state index in [0.717, 1.165) is 21.9 Å². The van der Waals surface area contributed by atoms with Crippen LogP contribution in [0.5, 0.6) is 0 Å². The van der Waals surface area contributed by atoms with E-state index in [4.69, 9.17) is 27.2 Å². The van der Waals surface area contributed by atoms with E-state index in [-0.39, 0.29) is 42.2 Å². The Morgan fingerprint density at radius 3 is 2.19 bits per heavy atom. The van der Waals surface area contributed by atoms with E-state index < -0.39 is 69.7 Å². The SMILES string of the molecule is [2H]C([2H])([2H])c1cc(-c2cnc3c(c2)oc2c(-c4nc5ccc(F)cc5n4CCc4c(-c5ccccc5)cccc4C(C)(C)C)[c-]ccc23)cc(C([2H])([2H])[2H])c1C([2H])([2H])[2H].[2H]C([2H])([2H])c1cc[c-]c(-c2cc(C([2H])(C)C)c([Si](C)(C)C)cn2)c1F.[Ir]. The second-order valence-electron chi connectivity index (χ2n) is 20.1. The molecule has 0 N–H and O–H groups in total. The zero-order chi connectivity index (χ0) is 61.4. The Kier molecular flexibility index (Phi) is 10.7. The summed E-state index contributed by atoms with van der Waals surface area (Å²) in [5, 5.41) is 1.68. The first-order valence-corrected chi connectivity index (χ1v) is 26.9. The minimum Gasteiger partial charge on any atom is -0.499 e. The van der Waals surface area contributed by atoms with Gasteiger partial charge in [-0.25, -0.2) is 4.39 Å². The Morgan fingerprint density at radius 2 is 1.50 bits per heavy atom. The second kappa shape index (κ2) is 20.6. The minimum atomic E-state index is -3.00. The van der Waals surface area contributed by atoms with E-state index in [1.54, 1.807) is 50.4 Å². The van der Waals surface area contributed by atoms with Crippen LogP contribution in [-0.4, -0.2) is 27.6 Å². The first kappa shape index (κ1) is 37.4. The van der Waals surface area contributed by atoms with Crippen LogP contribution < -0.4 is 5.19 Å². The number of fused-ring (bicyclic) bond motifs is 4. The Labute approximate surface area is 456 Å². The molecule has 0 aliphatic rings. The third-order valence-corrected chi connectivity index (χ3v) is 14.8. The fourth-order valence-electron chi connectivity index (χ4n) is 9.20. The predicted octanol–water partition coefficient (Wildman–Crippen LogP) is 16.4. The van der Waals surface area contributed by atoms with Crippen LogP contribution in [0.1, 0.15) is 97.3 Å². The van der Waals surface area contributed by atoms with Gasteiger partial charge in [0, 0.05) is 68.2 Å². The van der Waals surface area contributed by atoms with Gasteiger partial charge in [0.15, 0.2) is 0 Å². The van der Waals surface area contributed by atoms with E-state index in [2.05, 4.69) is 92.8 Å². The third-order valence-electron chi connectivity index (χ3n) is 12.8. The Hall–Kier alpha value is -6.38. The first-order valence-electron chi connectivity index (χ1n) is 29.9. The number of hydrogen-bond donors (Lipinski definition) is 0. The number of pyridine rings is 2. The second-order valence-corrected chi connectivity index (χ2v) is 25.1. The molecule has 9 heteroatoms. The van der Waals surface area contributed by atoms with Gasteiger partial charge in [-0.3, -0.25) is 14.4 Å². The zero-order valence-corrected chi connectivity index (χ0v) is 44.7. The Morgan fingerprint density at radius 1 is 0.764 bits per heavy atom. The maximum absolute atomic E-state index is 15.0. The summed E-state index contributed by atoms with van der Waals surface area (Å²) < 4.78 is 142. The standard InChI is InChI=1S/C45H39FN3O.C18H23FNSi.Ir/c1-27-22-31(23-28(2)29(27)3)32-24-41-42(47-26-32)36-15-10-16-37(43(36)50-41)44-48-39-19-18-33(46)25-40(39)49(44)21-20-35-34(30-12-8-7-9-13-30)14-11-17-38(35)45(4,5)6;1-12(2)15-10-16(20-11-17(15)21(4,5)6)14-9-7-8-13(3)18(14)19;/h7-15,17-19,22-26H,20-21H2,1-6H3;7-8,10-12H,1-6H3;/q2*-1;/i1D3,2D3,3D3;3D3,12D;. The zero-order valence-electron chi connectivity index (χ0n) is 54.3. The molecule has 0 amide bonds. The molecule has 0 aliphatic carbocycles. The number of benzene rings is 6. The van der Waals surface area contributed by atoms with Crippen molar-refractivity contribution in [1.29, 1.82) is 0 Å². The molecular weight excluding hydrogens is 1090 g/mol. The summed E-state index contributed by atoms with van der Waals surface area (Å²) in [6, 6.07) is 39.1. The van der Waals surface area contributed by atoms with Crippen LogP contribution in [0.25, 0.3) is 78.0 Å². The number of rotatable bonds is 9. The summed E-state index contributed by atoms with van der Waals surface area (Å²) in [6.07, 6.45) is 3.78. The van der Waals surface area contributed by atoms with Crippen molar-refractivity contribution in [3.8, 4) is 44.9 Å². The molecular formula is C63H62F2IrN4OSi-2. The van der Waals surface area contributed by atoms with Crippen LogP contribution in [-0.2, 0) is 38.5 Å². The topological polar surface area (TPSA) is 56.7 Å². The van der Waals surface area contributed by atoms with Gasteiger partial charge in [-0.1, -0.05) is 150 Å². The van der Waals surface area contributed by atoms with Gasteiger partial charge in [-0.15, -0.1) is 36.4 Å². The predicted molar refractivity (Wildman–Crippen MR) is 293 cm³/mol. The number of halogens is 2. The Balaban J connectivity index is 0.000000304. The van der Waals surface area contributed by atoms with Crippen LogP contribution in [0, 0.1) is 51.2 Å². The fraction of sp³-hybridized carbons (Fsp3) is 0.254. The van der Waals surface area contributed by atoms with Gasteiger partial charge >= 0.3 is 0 Å². The van der Waals surface area contributed by atoms with Gasteiger partial charge in [0.05, 0.1) is 36.0 Å². The molecule has 1 radical (unpaired) electrons.